The van der Waals surface area contributed by atoms with Crippen LogP contribution < -0.4 is 5.32 Å². The maximum Gasteiger partial charge on any atom is 0.0689 e. The lowest BCUT2D eigenvalue weighted by Crippen LogP contribution is -2.47. The van der Waals surface area contributed by atoms with Crippen LogP contribution in [0.2, 0.25) is 0 Å². The highest BCUT2D eigenvalue weighted by molar-refractivity contribution is 5.07. The van der Waals surface area contributed by atoms with E-state index in [1.165, 1.54) is 5.57 Å². The lowest BCUT2D eigenvalue weighted by atomic mass is 10.0. The van der Waals surface area contributed by atoms with Crippen molar-refractivity contribution in [2.45, 2.75) is 25.8 Å². The average molecular weight is 212 g/mol. The monoisotopic (exact) mass is 212 g/mol. The lowest BCUT2D eigenvalue weighted by Gasteiger charge is -2.33. The maximum atomic E-state index is 5.39. The van der Waals surface area contributed by atoms with Crippen LogP contribution in [0.3, 0.4) is 0 Å². The van der Waals surface area contributed by atoms with Gasteiger partial charge in [0.2, 0.25) is 0 Å². The van der Waals surface area contributed by atoms with Crippen LogP contribution in [-0.4, -0.2) is 50.8 Å². The second kappa shape index (κ2) is 5.64. The summed E-state index contributed by atoms with van der Waals surface area (Å²) in [5.41, 5.74) is 1.59. The summed E-state index contributed by atoms with van der Waals surface area (Å²) in [5.74, 6) is 0. The molecule has 0 amide bonds. The Morgan fingerprint density at radius 1 is 1.47 bits per heavy atom. The van der Waals surface area contributed by atoms with Gasteiger partial charge in [-0.3, -0.25) is 0 Å². The van der Waals surface area contributed by atoms with Gasteiger partial charge in [-0.15, -0.1) is 0 Å². The summed E-state index contributed by atoms with van der Waals surface area (Å²) in [6.07, 6.45) is 3.35. The fourth-order valence-corrected chi connectivity index (χ4v) is 1.42. The van der Waals surface area contributed by atoms with E-state index in [9.17, 15) is 0 Å². The third kappa shape index (κ3) is 4.33. The smallest absolute Gasteiger partial charge is 0.0689 e. The first-order chi connectivity index (χ1) is 7.02. The molecule has 3 heteroatoms. The van der Waals surface area contributed by atoms with Crippen LogP contribution in [0.25, 0.3) is 0 Å². The standard InChI is InChI=1S/C12H24N2O/c1-12(2,14(3)4)10-13-8-11-6-5-7-15-9-11/h6,13H,5,7-10H2,1-4H3. The van der Waals surface area contributed by atoms with Crippen LogP contribution in [0.1, 0.15) is 20.3 Å². The topological polar surface area (TPSA) is 24.5 Å². The van der Waals surface area contributed by atoms with Gasteiger partial charge in [0.15, 0.2) is 0 Å². The number of hydrogen-bond acceptors (Lipinski definition) is 3. The Kier molecular flexibility index (Phi) is 4.77. The van der Waals surface area contributed by atoms with E-state index in [0.717, 1.165) is 32.7 Å². The minimum Gasteiger partial charge on any atom is -0.377 e. The van der Waals surface area contributed by atoms with Gasteiger partial charge in [0.1, 0.15) is 0 Å². The molecule has 3 nitrogen and oxygen atoms in total. The van der Waals surface area contributed by atoms with Crippen LogP contribution in [0.5, 0.6) is 0 Å². The largest absolute Gasteiger partial charge is 0.377 e. The zero-order valence-corrected chi connectivity index (χ0v) is 10.5. The van der Waals surface area contributed by atoms with Crippen LogP contribution in [0, 0.1) is 0 Å². The highest BCUT2D eigenvalue weighted by Crippen LogP contribution is 2.09. The SMILES string of the molecule is CN(C)C(C)(C)CNCC1=CCCOC1. The first kappa shape index (κ1) is 12.7. The van der Waals surface area contributed by atoms with E-state index in [1.807, 2.05) is 0 Å². The predicted molar refractivity (Wildman–Crippen MR) is 64.2 cm³/mol. The summed E-state index contributed by atoms with van der Waals surface area (Å²) in [6, 6.07) is 0. The van der Waals surface area contributed by atoms with E-state index in [1.54, 1.807) is 0 Å². The van der Waals surface area contributed by atoms with Gasteiger partial charge in [0.05, 0.1) is 13.2 Å². The van der Waals surface area contributed by atoms with Crippen molar-refractivity contribution in [1.82, 2.24) is 10.2 Å². The Bertz CT molecular complexity index is 222. The summed E-state index contributed by atoms with van der Waals surface area (Å²) in [7, 11) is 4.23. The first-order valence-corrected chi connectivity index (χ1v) is 5.66. The minimum absolute atomic E-state index is 0.204. The van der Waals surface area contributed by atoms with Gasteiger partial charge in [-0.1, -0.05) is 6.08 Å². The average Bonchev–Trinajstić information content (AvgIpc) is 2.19. The predicted octanol–water partition coefficient (Wildman–Crippen LogP) is 1.26. The molecule has 0 unspecified atom stereocenters. The molecule has 1 aliphatic heterocycles. The third-order valence-corrected chi connectivity index (χ3v) is 3.10. The highest BCUT2D eigenvalue weighted by Gasteiger charge is 2.19. The molecule has 1 rings (SSSR count). The van der Waals surface area contributed by atoms with Crippen LogP contribution in [-0.2, 0) is 4.74 Å². The fourth-order valence-electron chi connectivity index (χ4n) is 1.42. The van der Waals surface area contributed by atoms with Crippen molar-refractivity contribution >= 4 is 0 Å². The number of hydrogen-bond donors (Lipinski definition) is 1. The van der Waals surface area contributed by atoms with E-state index in [0.29, 0.717) is 0 Å². The molecule has 0 fully saturated rings. The van der Waals surface area contributed by atoms with Gasteiger partial charge in [-0.2, -0.15) is 0 Å². The normalized spacial score (nSPS) is 18.1. The molecule has 0 bridgehead atoms. The summed E-state index contributed by atoms with van der Waals surface area (Å²) in [6.45, 7) is 8.12. The molecule has 0 saturated carbocycles. The molecular formula is C12H24N2O. The van der Waals surface area contributed by atoms with Crippen molar-refractivity contribution < 1.29 is 4.74 Å². The van der Waals surface area contributed by atoms with E-state index in [4.69, 9.17) is 4.74 Å². The molecule has 1 heterocycles. The van der Waals surface area contributed by atoms with Gasteiger partial charge in [-0.25, -0.2) is 0 Å². The van der Waals surface area contributed by atoms with E-state index in [-0.39, 0.29) is 5.54 Å². The van der Waals surface area contributed by atoms with Crippen molar-refractivity contribution in [2.24, 2.45) is 0 Å². The number of rotatable bonds is 5. The van der Waals surface area contributed by atoms with Crippen molar-refractivity contribution in [1.29, 1.82) is 0 Å². The Balaban J connectivity index is 2.23. The zero-order chi connectivity index (χ0) is 11.3. The molecule has 0 aromatic heterocycles. The zero-order valence-electron chi connectivity index (χ0n) is 10.5. The third-order valence-electron chi connectivity index (χ3n) is 3.10. The Morgan fingerprint density at radius 3 is 2.73 bits per heavy atom. The fraction of sp³-hybridized carbons (Fsp3) is 0.833. The summed E-state index contributed by atoms with van der Waals surface area (Å²) in [5, 5.41) is 3.49. The van der Waals surface area contributed by atoms with Gasteiger partial charge >= 0.3 is 0 Å². The van der Waals surface area contributed by atoms with Crippen molar-refractivity contribution in [2.75, 3.05) is 40.4 Å². The first-order valence-electron chi connectivity index (χ1n) is 5.66. The van der Waals surface area contributed by atoms with Crippen LogP contribution in [0.4, 0.5) is 0 Å². The van der Waals surface area contributed by atoms with E-state index < -0.39 is 0 Å². The number of likely N-dealkylation sites (N-methyl/N-ethyl adjacent to an activating group) is 1. The minimum atomic E-state index is 0.204. The van der Waals surface area contributed by atoms with Gasteiger partial charge in [0, 0.05) is 18.6 Å². The molecule has 0 aliphatic carbocycles. The molecular weight excluding hydrogens is 188 g/mol. The summed E-state index contributed by atoms with van der Waals surface area (Å²) >= 11 is 0. The molecule has 0 aromatic carbocycles. The van der Waals surface area contributed by atoms with Crippen LogP contribution >= 0.6 is 0 Å². The molecule has 0 atom stereocenters. The Labute approximate surface area is 93.5 Å². The van der Waals surface area contributed by atoms with Gasteiger partial charge < -0.3 is 15.0 Å². The Morgan fingerprint density at radius 2 is 2.20 bits per heavy atom. The molecule has 1 N–H and O–H groups in total. The molecule has 0 saturated heterocycles. The summed E-state index contributed by atoms with van der Waals surface area (Å²) in [4.78, 5) is 2.24. The second-order valence-electron chi connectivity index (χ2n) is 5.01. The number of ether oxygens (including phenoxy) is 1. The van der Waals surface area contributed by atoms with Crippen LogP contribution in [0.15, 0.2) is 11.6 Å². The second-order valence-corrected chi connectivity index (χ2v) is 5.01. The van der Waals surface area contributed by atoms with Gasteiger partial charge in [0.25, 0.3) is 0 Å². The van der Waals surface area contributed by atoms with Gasteiger partial charge in [-0.05, 0) is 39.9 Å². The maximum absolute atomic E-state index is 5.39. The molecule has 1 aliphatic rings. The molecule has 0 spiro atoms. The lowest BCUT2D eigenvalue weighted by molar-refractivity contribution is 0.147. The number of nitrogens with zero attached hydrogens (tertiary/aromatic N) is 1. The Hall–Kier alpha value is -0.380. The molecule has 0 aromatic rings. The van der Waals surface area contributed by atoms with Crippen molar-refractivity contribution in [3.63, 3.8) is 0 Å². The molecule has 88 valence electrons. The molecule has 15 heavy (non-hydrogen) atoms. The van der Waals surface area contributed by atoms with Crippen molar-refractivity contribution in [3.05, 3.63) is 11.6 Å². The highest BCUT2D eigenvalue weighted by atomic mass is 16.5. The summed E-state index contributed by atoms with van der Waals surface area (Å²) < 4.78 is 5.39. The van der Waals surface area contributed by atoms with Crippen molar-refractivity contribution in [3.8, 4) is 0 Å². The quantitative estimate of drug-likeness (QED) is 0.694. The van der Waals surface area contributed by atoms with E-state index >= 15 is 0 Å². The van der Waals surface area contributed by atoms with E-state index in [2.05, 4.69) is 44.2 Å². The number of nitrogens with one attached hydrogen (secondary N) is 1. The molecule has 0 radical (unpaired) electrons.